The average Bonchev–Trinajstić information content (AvgIpc) is 2.42. The zero-order valence-electron chi connectivity index (χ0n) is 11.1. The predicted octanol–water partition coefficient (Wildman–Crippen LogP) is 2.01. The van der Waals surface area contributed by atoms with Gasteiger partial charge in [-0.2, -0.15) is 8.42 Å². The summed E-state index contributed by atoms with van der Waals surface area (Å²) < 4.78 is 32.6. The molecule has 8 heteroatoms. The minimum atomic E-state index is -4.47. The van der Waals surface area contributed by atoms with Crippen LogP contribution in [-0.4, -0.2) is 30.2 Å². The van der Waals surface area contributed by atoms with Crippen LogP contribution in [0.4, 0.5) is 5.69 Å². The number of phenols is 2. The highest BCUT2D eigenvalue weighted by Gasteiger charge is 2.05. The van der Waals surface area contributed by atoms with Gasteiger partial charge in [0.15, 0.2) is 0 Å². The van der Waals surface area contributed by atoms with E-state index in [1.54, 1.807) is 12.1 Å². The first-order valence-corrected chi connectivity index (χ1v) is 7.09. The lowest BCUT2D eigenvalue weighted by molar-refractivity contribution is 0.386. The third kappa shape index (κ3) is 7.04. The van der Waals surface area contributed by atoms with Gasteiger partial charge < -0.3 is 19.7 Å². The minimum Gasteiger partial charge on any atom is -0.508 e. The van der Waals surface area contributed by atoms with Gasteiger partial charge in [0, 0.05) is 12.7 Å². The number of hydrogen-bond donors (Lipinski definition) is 4. The third-order valence-electron chi connectivity index (χ3n) is 2.19. The molecule has 0 spiro atoms. The first-order valence-electron chi connectivity index (χ1n) is 5.73. The maximum absolute atomic E-state index is 10.2. The Bertz CT molecular complexity index is 652. The van der Waals surface area contributed by atoms with Crippen LogP contribution in [0.2, 0.25) is 0 Å². The van der Waals surface area contributed by atoms with Crippen LogP contribution in [0.1, 0.15) is 0 Å². The van der Waals surface area contributed by atoms with Crippen LogP contribution in [0.25, 0.3) is 0 Å². The molecule has 7 nitrogen and oxygen atoms in total. The number of phenolic OH excluding ortho intramolecular Hbond substituents is 2. The van der Waals surface area contributed by atoms with Gasteiger partial charge in [-0.1, -0.05) is 0 Å². The lowest BCUT2D eigenvalue weighted by atomic mass is 10.3. The quantitative estimate of drug-likeness (QED) is 0.506. The van der Waals surface area contributed by atoms with Crippen molar-refractivity contribution in [2.24, 2.45) is 0 Å². The van der Waals surface area contributed by atoms with Gasteiger partial charge in [0.25, 0.3) is 0 Å². The van der Waals surface area contributed by atoms with Gasteiger partial charge in [0.05, 0.1) is 0 Å². The summed E-state index contributed by atoms with van der Waals surface area (Å²) >= 11 is 0. The maximum atomic E-state index is 10.2. The van der Waals surface area contributed by atoms with E-state index in [9.17, 15) is 8.42 Å². The Kier molecular flexibility index (Phi) is 5.82. The molecule has 21 heavy (non-hydrogen) atoms. The Balaban J connectivity index is 0.000000219. The first-order chi connectivity index (χ1) is 9.80. The lowest BCUT2D eigenvalue weighted by Gasteiger charge is -1.99. The summed E-state index contributed by atoms with van der Waals surface area (Å²) in [6, 6.07) is 11.8. The molecule has 0 saturated carbocycles. The second-order valence-corrected chi connectivity index (χ2v) is 4.82. The summed E-state index contributed by atoms with van der Waals surface area (Å²) in [5.74, 6) is 0.224. The summed E-state index contributed by atoms with van der Waals surface area (Å²) in [6.07, 6.45) is 0. The number of benzene rings is 2. The second-order valence-electron chi connectivity index (χ2n) is 3.80. The van der Waals surface area contributed by atoms with Crippen LogP contribution in [0.15, 0.2) is 48.5 Å². The summed E-state index contributed by atoms with van der Waals surface area (Å²) in [5.41, 5.74) is 1.01. The van der Waals surface area contributed by atoms with Crippen LogP contribution in [0.5, 0.6) is 17.2 Å². The SMILES string of the molecule is CNc1ccc(O)cc1.O=S(=O)(O)Oc1ccc(O)cc1. The van der Waals surface area contributed by atoms with E-state index >= 15 is 0 Å². The molecule has 0 fully saturated rings. The minimum absolute atomic E-state index is 0.0160. The second kappa shape index (κ2) is 7.36. The molecule has 2 aromatic carbocycles. The highest BCUT2D eigenvalue weighted by Crippen LogP contribution is 2.16. The summed E-state index contributed by atoms with van der Waals surface area (Å²) in [5, 5.41) is 20.6. The number of hydrogen-bond acceptors (Lipinski definition) is 6. The van der Waals surface area contributed by atoms with Crippen LogP contribution >= 0.6 is 0 Å². The van der Waals surface area contributed by atoms with Gasteiger partial charge in [-0.05, 0) is 48.5 Å². The van der Waals surface area contributed by atoms with E-state index < -0.39 is 10.4 Å². The van der Waals surface area contributed by atoms with E-state index in [1.807, 2.05) is 19.2 Å². The molecular weight excluding hydrogens is 298 g/mol. The number of anilines is 1. The van der Waals surface area contributed by atoms with Crippen LogP contribution < -0.4 is 9.50 Å². The largest absolute Gasteiger partial charge is 0.508 e. The van der Waals surface area contributed by atoms with Gasteiger partial charge in [-0.25, -0.2) is 0 Å². The molecule has 0 aromatic heterocycles. The Hall–Kier alpha value is -2.45. The molecule has 2 rings (SSSR count). The molecule has 0 atom stereocenters. The smallest absolute Gasteiger partial charge is 0.446 e. The molecule has 0 aliphatic carbocycles. The van der Waals surface area contributed by atoms with E-state index in [0.717, 1.165) is 5.69 Å². The normalized spacial score (nSPS) is 10.2. The fourth-order valence-electron chi connectivity index (χ4n) is 1.25. The van der Waals surface area contributed by atoms with Crippen molar-refractivity contribution in [2.45, 2.75) is 0 Å². The molecule has 0 bridgehead atoms. The molecule has 0 radical (unpaired) electrons. The number of aromatic hydroxyl groups is 2. The molecular formula is C13H15NO6S. The summed E-state index contributed by atoms with van der Waals surface area (Å²) in [4.78, 5) is 0. The van der Waals surface area contributed by atoms with Crippen LogP contribution in [0.3, 0.4) is 0 Å². The van der Waals surface area contributed by atoms with Gasteiger partial charge in [0.1, 0.15) is 17.2 Å². The third-order valence-corrected chi connectivity index (χ3v) is 2.60. The lowest BCUT2D eigenvalue weighted by Crippen LogP contribution is -2.06. The van der Waals surface area contributed by atoms with Crippen molar-refractivity contribution in [1.82, 2.24) is 0 Å². The zero-order valence-corrected chi connectivity index (χ0v) is 11.9. The van der Waals surface area contributed by atoms with Crippen molar-refractivity contribution >= 4 is 16.1 Å². The summed E-state index contributed by atoms with van der Waals surface area (Å²) in [7, 11) is -2.63. The molecule has 0 saturated heterocycles. The van der Waals surface area contributed by atoms with E-state index in [1.165, 1.54) is 24.3 Å². The fourth-order valence-corrected chi connectivity index (χ4v) is 1.61. The van der Waals surface area contributed by atoms with Crippen molar-refractivity contribution in [3.8, 4) is 17.2 Å². The standard InChI is InChI=1S/C7H9NO.C6H6O5S/c1-8-6-2-4-7(9)5-3-6;7-5-1-3-6(4-2-5)11-12(8,9)10/h2-5,8-9H,1H3;1-4,7H,(H,8,9,10). The van der Waals surface area contributed by atoms with E-state index in [2.05, 4.69) is 9.50 Å². The van der Waals surface area contributed by atoms with Gasteiger partial charge in [0.2, 0.25) is 0 Å². The maximum Gasteiger partial charge on any atom is 0.446 e. The van der Waals surface area contributed by atoms with Gasteiger partial charge in [-0.15, -0.1) is 0 Å². The molecule has 0 amide bonds. The Labute approximate surface area is 122 Å². The molecule has 0 unspecified atom stereocenters. The van der Waals surface area contributed by atoms with E-state index in [0.29, 0.717) is 5.75 Å². The molecule has 0 aliphatic heterocycles. The highest BCUT2D eigenvalue weighted by molar-refractivity contribution is 7.81. The first kappa shape index (κ1) is 16.6. The van der Waals surface area contributed by atoms with Gasteiger partial charge >= 0.3 is 10.4 Å². The molecule has 114 valence electrons. The van der Waals surface area contributed by atoms with E-state index in [-0.39, 0.29) is 11.5 Å². The zero-order chi connectivity index (χ0) is 15.9. The summed E-state index contributed by atoms with van der Waals surface area (Å²) in [6.45, 7) is 0. The fraction of sp³-hybridized carbons (Fsp3) is 0.0769. The average molecular weight is 313 g/mol. The number of rotatable bonds is 3. The van der Waals surface area contributed by atoms with Crippen molar-refractivity contribution in [3.63, 3.8) is 0 Å². The van der Waals surface area contributed by atoms with Crippen LogP contribution in [-0.2, 0) is 10.4 Å². The Morgan fingerprint density at radius 2 is 1.33 bits per heavy atom. The molecule has 2 aromatic rings. The van der Waals surface area contributed by atoms with Crippen molar-refractivity contribution in [1.29, 1.82) is 0 Å². The van der Waals surface area contributed by atoms with Gasteiger partial charge in [-0.3, -0.25) is 4.55 Å². The van der Waals surface area contributed by atoms with Crippen LogP contribution in [0, 0.1) is 0 Å². The van der Waals surface area contributed by atoms with E-state index in [4.69, 9.17) is 14.8 Å². The highest BCUT2D eigenvalue weighted by atomic mass is 32.3. The van der Waals surface area contributed by atoms with Crippen molar-refractivity contribution < 1.29 is 27.4 Å². The monoisotopic (exact) mass is 313 g/mol. The van der Waals surface area contributed by atoms with Crippen molar-refractivity contribution in [3.05, 3.63) is 48.5 Å². The molecule has 0 aliphatic rings. The Morgan fingerprint density at radius 1 is 0.905 bits per heavy atom. The molecule has 0 heterocycles. The molecule has 4 N–H and O–H groups in total. The Morgan fingerprint density at radius 3 is 1.71 bits per heavy atom. The number of nitrogens with one attached hydrogen (secondary N) is 1. The predicted molar refractivity (Wildman–Crippen MR) is 77.9 cm³/mol. The van der Waals surface area contributed by atoms with Crippen molar-refractivity contribution in [2.75, 3.05) is 12.4 Å². The topological polar surface area (TPSA) is 116 Å².